The fraction of sp³-hybridized carbons (Fsp3) is 0.500. The van der Waals surface area contributed by atoms with Gasteiger partial charge in [0.25, 0.3) is 5.91 Å². The number of carboxylic acid groups (broad SMARTS) is 1. The average Bonchev–Trinajstić information content (AvgIpc) is 2.53. The molecule has 1 fully saturated rings. The molecule has 1 heterocycles. The van der Waals surface area contributed by atoms with Gasteiger partial charge in [0.15, 0.2) is 0 Å². The highest BCUT2D eigenvalue weighted by atomic mass is 16.5. The number of hydrogen-bond acceptors (Lipinski definition) is 4. The fourth-order valence-electron chi connectivity index (χ4n) is 2.70. The van der Waals surface area contributed by atoms with Crippen molar-refractivity contribution in [2.75, 3.05) is 27.3 Å². The van der Waals surface area contributed by atoms with E-state index < -0.39 is 11.4 Å². The Bertz CT molecular complexity index is 564. The van der Waals surface area contributed by atoms with Crippen molar-refractivity contribution in [3.05, 3.63) is 23.8 Å². The minimum Gasteiger partial charge on any atom is -0.497 e. The van der Waals surface area contributed by atoms with E-state index in [1.165, 1.54) is 14.2 Å². The Hall–Kier alpha value is -2.24. The van der Waals surface area contributed by atoms with Gasteiger partial charge in [-0.15, -0.1) is 0 Å². The number of nitrogens with zero attached hydrogens (tertiary/aromatic N) is 1. The molecule has 6 nitrogen and oxygen atoms in total. The second-order valence-electron chi connectivity index (χ2n) is 5.80. The van der Waals surface area contributed by atoms with E-state index in [4.69, 9.17) is 9.47 Å². The van der Waals surface area contributed by atoms with Crippen LogP contribution in [0.3, 0.4) is 0 Å². The van der Waals surface area contributed by atoms with Crippen molar-refractivity contribution in [3.8, 4) is 11.5 Å². The Labute approximate surface area is 129 Å². The first-order chi connectivity index (χ1) is 10.4. The van der Waals surface area contributed by atoms with Crippen LogP contribution in [0.25, 0.3) is 0 Å². The number of hydrogen-bond donors (Lipinski definition) is 1. The summed E-state index contributed by atoms with van der Waals surface area (Å²) in [4.78, 5) is 25.7. The number of piperidine rings is 1. The summed E-state index contributed by atoms with van der Waals surface area (Å²) in [5.74, 6) is -0.0148. The summed E-state index contributed by atoms with van der Waals surface area (Å²) >= 11 is 0. The standard InChI is InChI=1S/C16H21NO5/c1-16(15(19)20)5-4-6-17(10-16)14(18)11-7-12(21-2)9-13(8-11)22-3/h7-9H,4-6,10H2,1-3H3,(H,19,20). The summed E-state index contributed by atoms with van der Waals surface area (Å²) in [5.41, 5.74) is -0.456. The third-order valence-corrected chi connectivity index (χ3v) is 4.10. The molecule has 1 atom stereocenters. The molecule has 0 bridgehead atoms. The van der Waals surface area contributed by atoms with Crippen LogP contribution in [0.1, 0.15) is 30.1 Å². The van der Waals surface area contributed by atoms with E-state index in [1.807, 2.05) is 0 Å². The zero-order valence-corrected chi connectivity index (χ0v) is 13.1. The molecule has 1 aromatic carbocycles. The van der Waals surface area contributed by atoms with Crippen molar-refractivity contribution in [1.29, 1.82) is 0 Å². The van der Waals surface area contributed by atoms with Crippen molar-refractivity contribution < 1.29 is 24.2 Å². The molecule has 2 rings (SSSR count). The van der Waals surface area contributed by atoms with Gasteiger partial charge in [-0.25, -0.2) is 0 Å². The third kappa shape index (κ3) is 3.16. The number of aliphatic carboxylic acids is 1. The Morgan fingerprint density at radius 2 is 1.77 bits per heavy atom. The van der Waals surface area contributed by atoms with E-state index in [1.54, 1.807) is 30.0 Å². The van der Waals surface area contributed by atoms with Crippen LogP contribution < -0.4 is 9.47 Å². The van der Waals surface area contributed by atoms with Gasteiger partial charge < -0.3 is 19.5 Å². The average molecular weight is 307 g/mol. The minimum absolute atomic E-state index is 0.204. The lowest BCUT2D eigenvalue weighted by molar-refractivity contribution is -0.150. The zero-order valence-electron chi connectivity index (χ0n) is 13.1. The van der Waals surface area contributed by atoms with E-state index in [0.717, 1.165) is 0 Å². The molecule has 1 amide bonds. The largest absolute Gasteiger partial charge is 0.497 e. The number of carbonyl (C=O) groups excluding carboxylic acids is 1. The van der Waals surface area contributed by atoms with Gasteiger partial charge in [-0.1, -0.05) is 0 Å². The van der Waals surface area contributed by atoms with Gasteiger partial charge in [-0.2, -0.15) is 0 Å². The second kappa shape index (κ2) is 6.25. The summed E-state index contributed by atoms with van der Waals surface area (Å²) in [7, 11) is 3.04. The SMILES string of the molecule is COc1cc(OC)cc(C(=O)N2CCCC(C)(C(=O)O)C2)c1. The quantitative estimate of drug-likeness (QED) is 0.921. The molecule has 0 aliphatic carbocycles. The number of likely N-dealkylation sites (tertiary alicyclic amines) is 1. The van der Waals surface area contributed by atoms with Crippen molar-refractivity contribution in [3.63, 3.8) is 0 Å². The molecule has 0 radical (unpaired) electrons. The van der Waals surface area contributed by atoms with Gasteiger partial charge in [0, 0.05) is 24.7 Å². The van der Waals surface area contributed by atoms with E-state index >= 15 is 0 Å². The predicted molar refractivity (Wildman–Crippen MR) is 80.4 cm³/mol. The zero-order chi connectivity index (χ0) is 16.3. The number of methoxy groups -OCH3 is 2. The summed E-state index contributed by atoms with van der Waals surface area (Å²) < 4.78 is 10.3. The highest BCUT2D eigenvalue weighted by Gasteiger charge is 2.39. The number of carbonyl (C=O) groups is 2. The third-order valence-electron chi connectivity index (χ3n) is 4.10. The Morgan fingerprint density at radius 3 is 2.27 bits per heavy atom. The molecule has 6 heteroatoms. The first-order valence-electron chi connectivity index (χ1n) is 7.15. The highest BCUT2D eigenvalue weighted by Crippen LogP contribution is 2.31. The normalized spacial score (nSPS) is 21.3. The van der Waals surface area contributed by atoms with Crippen LogP contribution in [0.4, 0.5) is 0 Å². The van der Waals surface area contributed by atoms with Gasteiger partial charge in [-0.3, -0.25) is 9.59 Å². The minimum atomic E-state index is -0.892. The van der Waals surface area contributed by atoms with Crippen molar-refractivity contribution in [2.45, 2.75) is 19.8 Å². The lowest BCUT2D eigenvalue weighted by Crippen LogP contribution is -2.48. The first kappa shape index (κ1) is 16.1. The molecule has 1 N–H and O–H groups in total. The maximum Gasteiger partial charge on any atom is 0.311 e. The van der Waals surface area contributed by atoms with Crippen LogP contribution >= 0.6 is 0 Å². The number of amides is 1. The number of ether oxygens (including phenoxy) is 2. The van der Waals surface area contributed by atoms with Gasteiger partial charge >= 0.3 is 5.97 Å². The first-order valence-corrected chi connectivity index (χ1v) is 7.15. The molecule has 0 saturated carbocycles. The summed E-state index contributed by atoms with van der Waals surface area (Å²) in [6, 6.07) is 4.96. The van der Waals surface area contributed by atoms with E-state index in [-0.39, 0.29) is 12.5 Å². The number of rotatable bonds is 4. The molecular weight excluding hydrogens is 286 g/mol. The molecule has 1 aromatic rings. The molecule has 22 heavy (non-hydrogen) atoms. The van der Waals surface area contributed by atoms with Crippen molar-refractivity contribution in [1.82, 2.24) is 4.90 Å². The maximum atomic E-state index is 12.7. The van der Waals surface area contributed by atoms with E-state index in [2.05, 4.69) is 0 Å². The van der Waals surface area contributed by atoms with Gasteiger partial charge in [0.1, 0.15) is 11.5 Å². The van der Waals surface area contributed by atoms with Crippen LogP contribution in [0.2, 0.25) is 0 Å². The highest BCUT2D eigenvalue weighted by molar-refractivity contribution is 5.95. The Balaban J connectivity index is 2.26. The number of benzene rings is 1. The second-order valence-corrected chi connectivity index (χ2v) is 5.80. The van der Waals surface area contributed by atoms with E-state index in [9.17, 15) is 14.7 Å². The van der Waals surface area contributed by atoms with Crippen LogP contribution in [-0.4, -0.2) is 49.2 Å². The molecular formula is C16H21NO5. The van der Waals surface area contributed by atoms with Gasteiger partial charge in [-0.05, 0) is 31.9 Å². The smallest absolute Gasteiger partial charge is 0.311 e. The lowest BCUT2D eigenvalue weighted by atomic mass is 9.82. The molecule has 1 unspecified atom stereocenters. The Kier molecular flexibility index (Phi) is 4.59. The Morgan fingerprint density at radius 1 is 1.18 bits per heavy atom. The molecule has 1 aliphatic rings. The summed E-state index contributed by atoms with van der Waals surface area (Å²) in [6.07, 6.45) is 1.25. The van der Waals surface area contributed by atoms with Crippen LogP contribution in [0.5, 0.6) is 11.5 Å². The molecule has 0 aromatic heterocycles. The summed E-state index contributed by atoms with van der Waals surface area (Å²) in [5, 5.41) is 9.35. The van der Waals surface area contributed by atoms with Crippen LogP contribution in [-0.2, 0) is 4.79 Å². The monoisotopic (exact) mass is 307 g/mol. The maximum absolute atomic E-state index is 12.7. The fourth-order valence-corrected chi connectivity index (χ4v) is 2.70. The van der Waals surface area contributed by atoms with Gasteiger partial charge in [0.05, 0.1) is 19.6 Å². The molecule has 120 valence electrons. The van der Waals surface area contributed by atoms with Crippen LogP contribution in [0, 0.1) is 5.41 Å². The van der Waals surface area contributed by atoms with Crippen LogP contribution in [0.15, 0.2) is 18.2 Å². The number of carboxylic acids is 1. The summed E-state index contributed by atoms with van der Waals surface area (Å²) in [6.45, 7) is 2.45. The lowest BCUT2D eigenvalue weighted by Gasteiger charge is -2.37. The van der Waals surface area contributed by atoms with Gasteiger partial charge in [0.2, 0.25) is 0 Å². The van der Waals surface area contributed by atoms with E-state index in [0.29, 0.717) is 36.4 Å². The topological polar surface area (TPSA) is 76.1 Å². The predicted octanol–water partition coefficient (Wildman–Crippen LogP) is 2.03. The van der Waals surface area contributed by atoms with Crippen molar-refractivity contribution >= 4 is 11.9 Å². The molecule has 0 spiro atoms. The molecule has 1 aliphatic heterocycles. The van der Waals surface area contributed by atoms with Crippen molar-refractivity contribution in [2.24, 2.45) is 5.41 Å². The molecule has 1 saturated heterocycles.